The molecule has 4 rings (SSSR count). The predicted octanol–water partition coefficient (Wildman–Crippen LogP) is 4.87. The van der Waals surface area contributed by atoms with Crippen LogP contribution in [0.5, 0.6) is 0 Å². The van der Waals surface area contributed by atoms with Crippen LogP contribution in [-0.2, 0) is 11.2 Å². The van der Waals surface area contributed by atoms with Gasteiger partial charge in [-0.2, -0.15) is 0 Å². The minimum Gasteiger partial charge on any atom is -0.347 e. The van der Waals surface area contributed by atoms with Crippen LogP contribution < -0.4 is 4.90 Å². The lowest BCUT2D eigenvalue weighted by Crippen LogP contribution is -2.40. The molecule has 1 aliphatic heterocycles. The highest BCUT2D eigenvalue weighted by Crippen LogP contribution is 2.34. The van der Waals surface area contributed by atoms with Crippen LogP contribution in [0.25, 0.3) is 11.1 Å². The number of rotatable bonds is 5. The Balaban J connectivity index is 1.63. The zero-order chi connectivity index (χ0) is 21.1. The van der Waals surface area contributed by atoms with Crippen LogP contribution in [0.3, 0.4) is 0 Å². The Kier molecular flexibility index (Phi) is 6.35. The Morgan fingerprint density at radius 2 is 2.07 bits per heavy atom. The molecule has 5 nitrogen and oxygen atoms in total. The van der Waals surface area contributed by atoms with Crippen molar-refractivity contribution < 1.29 is 4.79 Å². The van der Waals surface area contributed by atoms with Gasteiger partial charge in [-0.3, -0.25) is 4.79 Å². The molecule has 7 heteroatoms. The lowest BCUT2D eigenvalue weighted by molar-refractivity contribution is -0.131. The summed E-state index contributed by atoms with van der Waals surface area (Å²) in [4.78, 5) is 27.4. The van der Waals surface area contributed by atoms with Gasteiger partial charge in [0.2, 0.25) is 11.9 Å². The topological polar surface area (TPSA) is 49.3 Å². The van der Waals surface area contributed by atoms with Crippen molar-refractivity contribution in [2.24, 2.45) is 0 Å². The number of amides is 1. The van der Waals surface area contributed by atoms with Gasteiger partial charge in [-0.1, -0.05) is 29.8 Å². The number of nitrogens with zero attached hydrogens (tertiary/aromatic N) is 4. The quantitative estimate of drug-likeness (QED) is 0.567. The number of hydrogen-bond acceptors (Lipinski definition) is 5. The van der Waals surface area contributed by atoms with Gasteiger partial charge < -0.3 is 9.80 Å². The fourth-order valence-electron chi connectivity index (χ4n) is 3.86. The third-order valence-electron chi connectivity index (χ3n) is 5.43. The van der Waals surface area contributed by atoms with Crippen LogP contribution in [0.4, 0.5) is 5.95 Å². The molecule has 1 aliphatic rings. The standard InChI is InChI=1S/C23H25ClN4OS/c1-27(2)23-25-14-20(16-7-9-18(24)10-8-16)22(26-23)17-5-3-11-28(15-17)21(29)13-19-6-4-12-30-19/h4,6-10,12,14,17H,3,5,11,13,15H2,1-2H3. The number of carbonyl (C=O) groups excluding carboxylic acids is 1. The van der Waals surface area contributed by atoms with Crippen LogP contribution in [0, 0.1) is 0 Å². The molecule has 1 unspecified atom stereocenters. The van der Waals surface area contributed by atoms with Gasteiger partial charge in [-0.05, 0) is 42.0 Å². The van der Waals surface area contributed by atoms with E-state index in [4.69, 9.17) is 16.6 Å². The van der Waals surface area contributed by atoms with Crippen molar-refractivity contribution in [3.8, 4) is 11.1 Å². The third-order valence-corrected chi connectivity index (χ3v) is 6.56. The lowest BCUT2D eigenvalue weighted by Gasteiger charge is -2.33. The lowest BCUT2D eigenvalue weighted by atomic mass is 9.89. The number of benzene rings is 1. The normalized spacial score (nSPS) is 16.5. The van der Waals surface area contributed by atoms with Crippen molar-refractivity contribution in [1.82, 2.24) is 14.9 Å². The predicted molar refractivity (Wildman–Crippen MR) is 123 cm³/mol. The van der Waals surface area contributed by atoms with Crippen LogP contribution in [0.15, 0.2) is 48.0 Å². The first-order valence-electron chi connectivity index (χ1n) is 10.1. The first kappa shape index (κ1) is 20.8. The molecule has 0 radical (unpaired) electrons. The van der Waals surface area contributed by atoms with E-state index in [2.05, 4.69) is 4.98 Å². The number of hydrogen-bond donors (Lipinski definition) is 0. The Labute approximate surface area is 186 Å². The molecule has 0 bridgehead atoms. The van der Waals surface area contributed by atoms with Gasteiger partial charge in [0.05, 0.1) is 12.1 Å². The van der Waals surface area contributed by atoms with E-state index in [9.17, 15) is 4.79 Å². The average molecular weight is 441 g/mol. The van der Waals surface area contributed by atoms with Crippen molar-refractivity contribution >= 4 is 34.8 Å². The molecule has 0 aliphatic carbocycles. The van der Waals surface area contributed by atoms with Crippen molar-refractivity contribution in [3.05, 3.63) is 63.6 Å². The second-order valence-electron chi connectivity index (χ2n) is 7.81. The number of piperidine rings is 1. The summed E-state index contributed by atoms with van der Waals surface area (Å²) in [5.41, 5.74) is 3.06. The maximum atomic E-state index is 12.9. The number of anilines is 1. The van der Waals surface area contributed by atoms with Crippen molar-refractivity contribution in [3.63, 3.8) is 0 Å². The second-order valence-corrected chi connectivity index (χ2v) is 9.27. The number of halogens is 1. The maximum absolute atomic E-state index is 12.9. The minimum absolute atomic E-state index is 0.179. The molecule has 2 aromatic heterocycles. The Morgan fingerprint density at radius 3 is 2.77 bits per heavy atom. The summed E-state index contributed by atoms with van der Waals surface area (Å²) in [6, 6.07) is 11.8. The van der Waals surface area contributed by atoms with E-state index in [1.165, 1.54) is 0 Å². The molecule has 0 spiro atoms. The Bertz CT molecular complexity index is 1000. The van der Waals surface area contributed by atoms with E-state index in [0.717, 1.165) is 41.1 Å². The summed E-state index contributed by atoms with van der Waals surface area (Å²) in [6.07, 6.45) is 4.35. The van der Waals surface area contributed by atoms with Gasteiger partial charge in [0.25, 0.3) is 0 Å². The van der Waals surface area contributed by atoms with E-state index < -0.39 is 0 Å². The van der Waals surface area contributed by atoms with Crippen LogP contribution >= 0.6 is 22.9 Å². The van der Waals surface area contributed by atoms with Gasteiger partial charge in [0, 0.05) is 54.8 Å². The van der Waals surface area contributed by atoms with Gasteiger partial charge in [0.1, 0.15) is 0 Å². The van der Waals surface area contributed by atoms with E-state index in [1.54, 1.807) is 11.3 Å². The molecule has 1 atom stereocenters. The summed E-state index contributed by atoms with van der Waals surface area (Å²) in [6.45, 7) is 1.50. The number of thiophene rings is 1. The van der Waals surface area contributed by atoms with E-state index in [-0.39, 0.29) is 11.8 Å². The first-order valence-corrected chi connectivity index (χ1v) is 11.4. The van der Waals surface area contributed by atoms with E-state index >= 15 is 0 Å². The zero-order valence-electron chi connectivity index (χ0n) is 17.2. The van der Waals surface area contributed by atoms with Crippen LogP contribution in [0.2, 0.25) is 5.02 Å². The van der Waals surface area contributed by atoms with Crippen LogP contribution in [0.1, 0.15) is 29.3 Å². The summed E-state index contributed by atoms with van der Waals surface area (Å²) >= 11 is 7.72. The molecule has 30 heavy (non-hydrogen) atoms. The molecule has 0 saturated carbocycles. The highest BCUT2D eigenvalue weighted by molar-refractivity contribution is 7.10. The van der Waals surface area contributed by atoms with E-state index in [0.29, 0.717) is 23.9 Å². The summed E-state index contributed by atoms with van der Waals surface area (Å²) in [7, 11) is 3.89. The smallest absolute Gasteiger partial charge is 0.227 e. The Hall–Kier alpha value is -2.44. The molecular formula is C23H25ClN4OS. The fraction of sp³-hybridized carbons (Fsp3) is 0.348. The number of carbonyl (C=O) groups is 1. The molecule has 1 aromatic carbocycles. The van der Waals surface area contributed by atoms with Crippen molar-refractivity contribution in [2.75, 3.05) is 32.1 Å². The third kappa shape index (κ3) is 4.65. The van der Waals surface area contributed by atoms with Crippen molar-refractivity contribution in [2.45, 2.75) is 25.2 Å². The van der Waals surface area contributed by atoms with Gasteiger partial charge in [-0.15, -0.1) is 11.3 Å². The monoisotopic (exact) mass is 440 g/mol. The summed E-state index contributed by atoms with van der Waals surface area (Å²) in [5.74, 6) is 1.06. The maximum Gasteiger partial charge on any atom is 0.227 e. The summed E-state index contributed by atoms with van der Waals surface area (Å²) in [5, 5.41) is 2.72. The fourth-order valence-corrected chi connectivity index (χ4v) is 4.69. The second kappa shape index (κ2) is 9.14. The van der Waals surface area contributed by atoms with Crippen LogP contribution in [-0.4, -0.2) is 48.0 Å². The first-order chi connectivity index (χ1) is 14.5. The molecule has 1 saturated heterocycles. The molecule has 3 heterocycles. The molecule has 3 aromatic rings. The van der Waals surface area contributed by atoms with Gasteiger partial charge >= 0.3 is 0 Å². The highest BCUT2D eigenvalue weighted by Gasteiger charge is 2.28. The summed E-state index contributed by atoms with van der Waals surface area (Å²) < 4.78 is 0. The van der Waals surface area contributed by atoms with Gasteiger partial charge in [-0.25, -0.2) is 9.97 Å². The van der Waals surface area contributed by atoms with E-state index in [1.807, 2.05) is 71.9 Å². The minimum atomic E-state index is 0.179. The van der Waals surface area contributed by atoms with Gasteiger partial charge in [0.15, 0.2) is 0 Å². The van der Waals surface area contributed by atoms with Crippen molar-refractivity contribution in [1.29, 1.82) is 0 Å². The molecular weight excluding hydrogens is 416 g/mol. The SMILES string of the molecule is CN(C)c1ncc(-c2ccc(Cl)cc2)c(C2CCCN(C(=O)Cc3cccs3)C2)n1. The Morgan fingerprint density at radius 1 is 1.27 bits per heavy atom. The number of aromatic nitrogens is 2. The highest BCUT2D eigenvalue weighted by atomic mass is 35.5. The average Bonchev–Trinajstić information content (AvgIpc) is 3.27. The largest absolute Gasteiger partial charge is 0.347 e. The molecule has 0 N–H and O–H groups in total. The number of likely N-dealkylation sites (tertiary alicyclic amines) is 1. The molecule has 1 fully saturated rings. The molecule has 156 valence electrons. The molecule has 1 amide bonds. The zero-order valence-corrected chi connectivity index (χ0v) is 18.8.